The summed E-state index contributed by atoms with van der Waals surface area (Å²) in [6.45, 7) is 0. The van der Waals surface area contributed by atoms with Gasteiger partial charge in [-0.3, -0.25) is 4.98 Å². The Morgan fingerprint density at radius 1 is 0.842 bits per heavy atom. The van der Waals surface area contributed by atoms with E-state index in [1.807, 2.05) is 30.3 Å². The molecule has 0 fully saturated rings. The molecule has 1 heterocycles. The van der Waals surface area contributed by atoms with Crippen molar-refractivity contribution in [2.45, 2.75) is 5.92 Å². The summed E-state index contributed by atoms with van der Waals surface area (Å²) in [6.07, 6.45) is 4.42. The van der Waals surface area contributed by atoms with Crippen molar-refractivity contribution in [2.24, 2.45) is 0 Å². The molecule has 0 aliphatic rings. The minimum absolute atomic E-state index is 0.229. The minimum atomic E-state index is -0.229. The lowest BCUT2D eigenvalue weighted by Crippen LogP contribution is -2.02. The maximum absolute atomic E-state index is 11.4. The third-order valence-corrected chi connectivity index (χ3v) is 3.33. The van der Waals surface area contributed by atoms with Crippen LogP contribution in [-0.2, 0) is 4.79 Å². The van der Waals surface area contributed by atoms with Crippen LogP contribution in [0.1, 0.15) is 17.0 Å². The molecule has 1 aromatic heterocycles. The normalized spacial score (nSPS) is 12.2. The van der Waals surface area contributed by atoms with Crippen LogP contribution in [-0.4, -0.2) is 11.3 Å². The number of aldehydes is 1. The molecule has 2 aromatic carbocycles. The van der Waals surface area contributed by atoms with E-state index < -0.39 is 0 Å². The van der Waals surface area contributed by atoms with Gasteiger partial charge in [-0.15, -0.1) is 0 Å². The van der Waals surface area contributed by atoms with E-state index >= 15 is 0 Å². The molecular weight excluding hydrogens is 234 g/mol. The molecule has 2 nitrogen and oxygen atoms in total. The zero-order valence-corrected chi connectivity index (χ0v) is 10.4. The molecule has 0 radical (unpaired) electrons. The van der Waals surface area contributed by atoms with E-state index in [0.717, 1.165) is 22.8 Å². The van der Waals surface area contributed by atoms with Crippen molar-refractivity contribution in [3.05, 3.63) is 78.1 Å². The molecule has 2 heteroatoms. The summed E-state index contributed by atoms with van der Waals surface area (Å²) in [5.41, 5.74) is 1.99. The molecule has 0 aliphatic carbocycles. The van der Waals surface area contributed by atoms with Gasteiger partial charge in [0.05, 0.1) is 5.92 Å². The van der Waals surface area contributed by atoms with Crippen molar-refractivity contribution in [1.82, 2.24) is 4.98 Å². The molecule has 0 amide bonds. The van der Waals surface area contributed by atoms with E-state index in [0.29, 0.717) is 0 Å². The van der Waals surface area contributed by atoms with Gasteiger partial charge in [0.2, 0.25) is 0 Å². The average molecular weight is 247 g/mol. The second kappa shape index (κ2) is 5.02. The number of carbonyl (C=O) groups excluding carboxylic acids is 1. The first-order valence-electron chi connectivity index (χ1n) is 6.22. The Balaban J connectivity index is 2.09. The third kappa shape index (κ3) is 2.25. The van der Waals surface area contributed by atoms with Crippen molar-refractivity contribution in [3.63, 3.8) is 0 Å². The summed E-state index contributed by atoms with van der Waals surface area (Å²) in [6, 6.07) is 18.1. The summed E-state index contributed by atoms with van der Waals surface area (Å²) < 4.78 is 0. The van der Waals surface area contributed by atoms with Crippen molar-refractivity contribution in [1.29, 1.82) is 0 Å². The van der Waals surface area contributed by atoms with E-state index in [1.165, 1.54) is 5.39 Å². The van der Waals surface area contributed by atoms with Crippen LogP contribution in [0.4, 0.5) is 0 Å². The summed E-state index contributed by atoms with van der Waals surface area (Å²) in [5, 5.41) is 2.34. The SMILES string of the molecule is O=CC(c1ccncc1)c1ccc2ccccc2c1. The zero-order chi connectivity index (χ0) is 13.1. The first-order valence-corrected chi connectivity index (χ1v) is 6.22. The first kappa shape index (κ1) is 11.6. The monoisotopic (exact) mass is 247 g/mol. The van der Waals surface area contributed by atoms with E-state index in [-0.39, 0.29) is 5.92 Å². The Kier molecular flexibility index (Phi) is 3.07. The molecule has 3 rings (SSSR count). The van der Waals surface area contributed by atoms with Crippen molar-refractivity contribution in [2.75, 3.05) is 0 Å². The van der Waals surface area contributed by atoms with Gasteiger partial charge in [-0.05, 0) is 34.0 Å². The van der Waals surface area contributed by atoms with Gasteiger partial charge >= 0.3 is 0 Å². The Hall–Kier alpha value is -2.48. The van der Waals surface area contributed by atoms with Crippen LogP contribution >= 0.6 is 0 Å². The first-order chi connectivity index (χ1) is 9.38. The van der Waals surface area contributed by atoms with Crippen molar-refractivity contribution >= 4 is 17.1 Å². The summed E-state index contributed by atoms with van der Waals surface area (Å²) >= 11 is 0. The van der Waals surface area contributed by atoms with E-state index in [4.69, 9.17) is 0 Å². The molecule has 0 aliphatic heterocycles. The summed E-state index contributed by atoms with van der Waals surface area (Å²) in [5.74, 6) is -0.229. The van der Waals surface area contributed by atoms with Crippen LogP contribution in [0, 0.1) is 0 Å². The Labute approximate surface area is 111 Å². The molecule has 0 bridgehead atoms. The van der Waals surface area contributed by atoms with Crippen LogP contribution in [0.25, 0.3) is 10.8 Å². The quantitative estimate of drug-likeness (QED) is 0.662. The maximum Gasteiger partial charge on any atom is 0.131 e. The third-order valence-electron chi connectivity index (χ3n) is 3.33. The number of fused-ring (bicyclic) bond motifs is 1. The Bertz CT molecular complexity index is 707. The molecule has 0 saturated heterocycles. The lowest BCUT2D eigenvalue weighted by Gasteiger charge is -2.11. The molecule has 1 atom stereocenters. The zero-order valence-electron chi connectivity index (χ0n) is 10.4. The number of hydrogen-bond acceptors (Lipinski definition) is 2. The average Bonchev–Trinajstić information content (AvgIpc) is 2.49. The number of rotatable bonds is 3. The number of benzene rings is 2. The van der Waals surface area contributed by atoms with Gasteiger partial charge < -0.3 is 4.79 Å². The molecular formula is C17H13NO. The fourth-order valence-electron chi connectivity index (χ4n) is 2.32. The summed E-state index contributed by atoms with van der Waals surface area (Å²) in [4.78, 5) is 15.4. The number of nitrogens with zero attached hydrogens (tertiary/aromatic N) is 1. The molecule has 92 valence electrons. The van der Waals surface area contributed by atoms with Crippen LogP contribution in [0.2, 0.25) is 0 Å². The lowest BCUT2D eigenvalue weighted by molar-refractivity contribution is -0.108. The topological polar surface area (TPSA) is 30.0 Å². The van der Waals surface area contributed by atoms with Crippen LogP contribution in [0.5, 0.6) is 0 Å². The Morgan fingerprint density at radius 3 is 2.32 bits per heavy atom. The fraction of sp³-hybridized carbons (Fsp3) is 0.0588. The maximum atomic E-state index is 11.4. The van der Waals surface area contributed by atoms with E-state index in [9.17, 15) is 4.79 Å². The standard InChI is InChI=1S/C17H13NO/c19-12-17(14-7-9-18-10-8-14)16-6-5-13-3-1-2-4-15(13)11-16/h1-12,17H. The highest BCUT2D eigenvalue weighted by Crippen LogP contribution is 2.25. The highest BCUT2D eigenvalue weighted by Gasteiger charge is 2.13. The van der Waals surface area contributed by atoms with Crippen LogP contribution in [0.15, 0.2) is 67.0 Å². The minimum Gasteiger partial charge on any atom is -0.302 e. The number of pyridine rings is 1. The molecule has 3 aromatic rings. The van der Waals surface area contributed by atoms with Gasteiger partial charge in [-0.25, -0.2) is 0 Å². The van der Waals surface area contributed by atoms with Crippen molar-refractivity contribution < 1.29 is 4.79 Å². The Morgan fingerprint density at radius 2 is 1.58 bits per heavy atom. The molecule has 0 saturated carbocycles. The lowest BCUT2D eigenvalue weighted by atomic mass is 9.92. The predicted molar refractivity (Wildman–Crippen MR) is 76.1 cm³/mol. The van der Waals surface area contributed by atoms with Gasteiger partial charge in [0, 0.05) is 12.4 Å². The second-order valence-electron chi connectivity index (χ2n) is 4.50. The van der Waals surface area contributed by atoms with E-state index in [1.54, 1.807) is 12.4 Å². The predicted octanol–water partition coefficient (Wildman–Crippen LogP) is 3.57. The van der Waals surface area contributed by atoms with Gasteiger partial charge in [-0.1, -0.05) is 42.5 Å². The smallest absolute Gasteiger partial charge is 0.131 e. The number of carbonyl (C=O) groups is 1. The van der Waals surface area contributed by atoms with Gasteiger partial charge in [0.1, 0.15) is 6.29 Å². The summed E-state index contributed by atoms with van der Waals surface area (Å²) in [7, 11) is 0. The fourth-order valence-corrected chi connectivity index (χ4v) is 2.32. The van der Waals surface area contributed by atoms with Gasteiger partial charge in [-0.2, -0.15) is 0 Å². The van der Waals surface area contributed by atoms with Crippen LogP contribution < -0.4 is 0 Å². The molecule has 0 spiro atoms. The largest absolute Gasteiger partial charge is 0.302 e. The molecule has 0 N–H and O–H groups in total. The molecule has 19 heavy (non-hydrogen) atoms. The molecule has 1 unspecified atom stereocenters. The van der Waals surface area contributed by atoms with Crippen LogP contribution in [0.3, 0.4) is 0 Å². The highest BCUT2D eigenvalue weighted by atomic mass is 16.1. The highest BCUT2D eigenvalue weighted by molar-refractivity contribution is 5.84. The van der Waals surface area contributed by atoms with E-state index in [2.05, 4.69) is 29.2 Å². The second-order valence-corrected chi connectivity index (χ2v) is 4.50. The van der Waals surface area contributed by atoms with Gasteiger partial charge in [0.25, 0.3) is 0 Å². The van der Waals surface area contributed by atoms with Gasteiger partial charge in [0.15, 0.2) is 0 Å². The van der Waals surface area contributed by atoms with Crippen molar-refractivity contribution in [3.8, 4) is 0 Å². The number of hydrogen-bond donors (Lipinski definition) is 0. The number of aromatic nitrogens is 1.